The third-order valence-electron chi connectivity index (χ3n) is 3.67. The number of hydrogen-bond acceptors (Lipinski definition) is 3. The lowest BCUT2D eigenvalue weighted by Crippen LogP contribution is -2.24. The van der Waals surface area contributed by atoms with Crippen molar-refractivity contribution in [3.8, 4) is 0 Å². The Morgan fingerprint density at radius 1 is 1.22 bits per heavy atom. The van der Waals surface area contributed by atoms with E-state index in [0.29, 0.717) is 6.54 Å². The number of aliphatic hydroxyl groups is 1. The molecule has 124 valence electrons. The normalized spacial score (nSPS) is 16.9. The Hall–Kier alpha value is -2.01. The highest BCUT2D eigenvalue weighted by Gasteiger charge is 2.24. The first-order valence-corrected chi connectivity index (χ1v) is 7.70. The van der Waals surface area contributed by atoms with Crippen LogP contribution in [0, 0.1) is 11.6 Å². The van der Waals surface area contributed by atoms with Gasteiger partial charge in [0.05, 0.1) is 22.6 Å². The van der Waals surface area contributed by atoms with Gasteiger partial charge in [0.1, 0.15) is 11.6 Å². The molecule has 23 heavy (non-hydrogen) atoms. The summed E-state index contributed by atoms with van der Waals surface area (Å²) >= 11 is 0. The van der Waals surface area contributed by atoms with Crippen molar-refractivity contribution in [2.24, 2.45) is 5.10 Å². The Morgan fingerprint density at radius 2 is 1.83 bits per heavy atom. The summed E-state index contributed by atoms with van der Waals surface area (Å²) in [5.41, 5.74) is -0.163. The van der Waals surface area contributed by atoms with E-state index in [4.69, 9.17) is 0 Å². The van der Waals surface area contributed by atoms with Crippen molar-refractivity contribution >= 4 is 5.71 Å². The standard InChI is InChI=1S/C18H22F2N2O/c1-5-9-22-13(6-2)7-8-16(21-22)17-14(19)10-12(11-15(17)20)18(3,4)23/h6-8,10-11,23H,5,9H2,1-4H3. The zero-order valence-corrected chi connectivity index (χ0v) is 13.9. The molecule has 3 nitrogen and oxygen atoms in total. The number of allylic oxidation sites excluding steroid dienone is 3. The maximum absolute atomic E-state index is 14.4. The average Bonchev–Trinajstić information content (AvgIpc) is 2.46. The maximum Gasteiger partial charge on any atom is 0.136 e. The van der Waals surface area contributed by atoms with Crippen molar-refractivity contribution in [1.29, 1.82) is 0 Å². The van der Waals surface area contributed by atoms with Crippen LogP contribution in [0.5, 0.6) is 0 Å². The van der Waals surface area contributed by atoms with Gasteiger partial charge in [-0.3, -0.25) is 5.01 Å². The zero-order chi connectivity index (χ0) is 17.2. The van der Waals surface area contributed by atoms with Gasteiger partial charge in [-0.05, 0) is 57.0 Å². The van der Waals surface area contributed by atoms with E-state index in [2.05, 4.69) is 5.10 Å². The lowest BCUT2D eigenvalue weighted by atomic mass is 9.95. The highest BCUT2D eigenvalue weighted by atomic mass is 19.1. The second kappa shape index (κ2) is 6.62. The van der Waals surface area contributed by atoms with Gasteiger partial charge in [-0.1, -0.05) is 13.0 Å². The fourth-order valence-electron chi connectivity index (χ4n) is 2.41. The van der Waals surface area contributed by atoms with Gasteiger partial charge in [0.15, 0.2) is 0 Å². The molecule has 0 spiro atoms. The van der Waals surface area contributed by atoms with Crippen LogP contribution in [0.1, 0.15) is 45.2 Å². The molecule has 1 aliphatic rings. The maximum atomic E-state index is 14.4. The van der Waals surface area contributed by atoms with Crippen molar-refractivity contribution in [2.75, 3.05) is 6.54 Å². The van der Waals surface area contributed by atoms with Crippen LogP contribution in [0.2, 0.25) is 0 Å². The van der Waals surface area contributed by atoms with Crippen LogP contribution in [-0.4, -0.2) is 22.4 Å². The lowest BCUT2D eigenvalue weighted by Gasteiger charge is -2.25. The molecule has 1 N–H and O–H groups in total. The van der Waals surface area contributed by atoms with Gasteiger partial charge in [-0.25, -0.2) is 8.78 Å². The molecule has 0 atom stereocenters. The Morgan fingerprint density at radius 3 is 2.30 bits per heavy atom. The topological polar surface area (TPSA) is 35.8 Å². The molecule has 0 aliphatic carbocycles. The van der Waals surface area contributed by atoms with Gasteiger partial charge < -0.3 is 5.11 Å². The predicted molar refractivity (Wildman–Crippen MR) is 88.0 cm³/mol. The van der Waals surface area contributed by atoms with Crippen LogP contribution in [0.3, 0.4) is 0 Å². The molecule has 0 saturated heterocycles. The summed E-state index contributed by atoms with van der Waals surface area (Å²) < 4.78 is 28.8. The first-order chi connectivity index (χ1) is 10.8. The van der Waals surface area contributed by atoms with Crippen molar-refractivity contribution in [3.05, 3.63) is 58.8 Å². The van der Waals surface area contributed by atoms with E-state index in [1.165, 1.54) is 13.8 Å². The molecule has 0 radical (unpaired) electrons. The zero-order valence-electron chi connectivity index (χ0n) is 13.9. The van der Waals surface area contributed by atoms with Crippen LogP contribution >= 0.6 is 0 Å². The fraction of sp³-hybridized carbons (Fsp3) is 0.389. The summed E-state index contributed by atoms with van der Waals surface area (Å²) in [5.74, 6) is -1.46. The Kier molecular flexibility index (Phi) is 5.00. The first kappa shape index (κ1) is 17.3. The van der Waals surface area contributed by atoms with Crippen LogP contribution in [-0.2, 0) is 5.60 Å². The molecule has 0 unspecified atom stereocenters. The van der Waals surface area contributed by atoms with E-state index < -0.39 is 17.2 Å². The molecule has 1 aromatic rings. The monoisotopic (exact) mass is 320 g/mol. The van der Waals surface area contributed by atoms with Gasteiger partial charge in [0.2, 0.25) is 0 Å². The van der Waals surface area contributed by atoms with Crippen molar-refractivity contribution in [1.82, 2.24) is 5.01 Å². The summed E-state index contributed by atoms with van der Waals surface area (Å²) in [4.78, 5) is 0. The second-order valence-corrected chi connectivity index (χ2v) is 6.03. The predicted octanol–water partition coefficient (Wildman–Crippen LogP) is 4.08. The number of rotatable bonds is 4. The molecule has 0 saturated carbocycles. The molecule has 1 aromatic carbocycles. The molecular weight excluding hydrogens is 298 g/mol. The van der Waals surface area contributed by atoms with E-state index in [1.807, 2.05) is 19.9 Å². The molecule has 0 aromatic heterocycles. The van der Waals surface area contributed by atoms with Crippen molar-refractivity contribution in [2.45, 2.75) is 39.7 Å². The lowest BCUT2D eigenvalue weighted by molar-refractivity contribution is 0.0778. The quantitative estimate of drug-likeness (QED) is 0.907. The largest absolute Gasteiger partial charge is 0.386 e. The minimum absolute atomic E-state index is 0.175. The summed E-state index contributed by atoms with van der Waals surface area (Å²) in [7, 11) is 0. The molecule has 2 rings (SSSR count). The van der Waals surface area contributed by atoms with Gasteiger partial charge in [0.25, 0.3) is 0 Å². The van der Waals surface area contributed by atoms with E-state index in [-0.39, 0.29) is 16.8 Å². The number of hydrazone groups is 1. The van der Waals surface area contributed by atoms with Crippen LogP contribution < -0.4 is 0 Å². The number of hydrogen-bond donors (Lipinski definition) is 1. The molecular formula is C18H22F2N2O. The minimum atomic E-state index is -1.31. The third kappa shape index (κ3) is 3.67. The minimum Gasteiger partial charge on any atom is -0.386 e. The van der Waals surface area contributed by atoms with Gasteiger partial charge in [0, 0.05) is 6.54 Å². The van der Waals surface area contributed by atoms with Gasteiger partial charge in [-0.15, -0.1) is 0 Å². The molecule has 1 aliphatic heterocycles. The van der Waals surface area contributed by atoms with E-state index in [1.54, 1.807) is 17.2 Å². The van der Waals surface area contributed by atoms with E-state index >= 15 is 0 Å². The Balaban J connectivity index is 2.48. The molecule has 1 heterocycles. The fourth-order valence-corrected chi connectivity index (χ4v) is 2.41. The average molecular weight is 320 g/mol. The van der Waals surface area contributed by atoms with Gasteiger partial charge >= 0.3 is 0 Å². The number of nitrogens with zero attached hydrogens (tertiary/aromatic N) is 2. The second-order valence-electron chi connectivity index (χ2n) is 6.03. The molecule has 0 bridgehead atoms. The summed E-state index contributed by atoms with van der Waals surface area (Å²) in [6, 6.07) is 2.31. The first-order valence-electron chi connectivity index (χ1n) is 7.70. The van der Waals surface area contributed by atoms with Gasteiger partial charge in [-0.2, -0.15) is 5.10 Å². The third-order valence-corrected chi connectivity index (χ3v) is 3.67. The number of halogens is 2. The van der Waals surface area contributed by atoms with Crippen LogP contribution in [0.15, 0.2) is 41.2 Å². The number of benzene rings is 1. The van der Waals surface area contributed by atoms with E-state index in [0.717, 1.165) is 24.3 Å². The molecule has 0 amide bonds. The Labute approximate surface area is 135 Å². The van der Waals surface area contributed by atoms with E-state index in [9.17, 15) is 13.9 Å². The molecule has 5 heteroatoms. The van der Waals surface area contributed by atoms with Crippen LogP contribution in [0.25, 0.3) is 0 Å². The summed E-state index contributed by atoms with van der Waals surface area (Å²) in [6.07, 6.45) is 6.16. The highest BCUT2D eigenvalue weighted by molar-refractivity contribution is 6.09. The smallest absolute Gasteiger partial charge is 0.136 e. The summed E-state index contributed by atoms with van der Waals surface area (Å²) in [6.45, 7) is 7.54. The van der Waals surface area contributed by atoms with Crippen molar-refractivity contribution < 1.29 is 13.9 Å². The van der Waals surface area contributed by atoms with Crippen molar-refractivity contribution in [3.63, 3.8) is 0 Å². The van der Waals surface area contributed by atoms with Crippen LogP contribution in [0.4, 0.5) is 8.78 Å². The summed E-state index contributed by atoms with van der Waals surface area (Å²) in [5, 5.41) is 16.0. The Bertz CT molecular complexity index is 662. The SMILES string of the molecule is CC=C1C=CC(c2c(F)cc(C(C)(C)O)cc2F)=NN1CCC. The molecule has 0 fully saturated rings. The highest BCUT2D eigenvalue weighted by Crippen LogP contribution is 2.26.